The molecule has 34 heavy (non-hydrogen) atoms. The Kier molecular flexibility index (Phi) is 10.9. The van der Waals surface area contributed by atoms with Gasteiger partial charge >= 0.3 is 206 Å². The van der Waals surface area contributed by atoms with Crippen LogP contribution in [0.2, 0.25) is 12.1 Å². The molecule has 0 nitrogen and oxygen atoms in total. The van der Waals surface area contributed by atoms with Gasteiger partial charge in [0.25, 0.3) is 0 Å². The van der Waals surface area contributed by atoms with E-state index in [1.165, 1.54) is 36.1 Å². The molecule has 4 heteroatoms. The Balaban J connectivity index is 0.00000204. The fraction of sp³-hybridized carbons (Fsp3) is 0.467. The normalized spacial score (nSPS) is 18.3. The van der Waals surface area contributed by atoms with Gasteiger partial charge in [0.05, 0.1) is 0 Å². The number of hydrogen-bond acceptors (Lipinski definition) is 0. The van der Waals surface area contributed by atoms with E-state index in [0.717, 1.165) is 19.1 Å². The summed E-state index contributed by atoms with van der Waals surface area (Å²) < 4.78 is 1.58. The number of halogens is 2. The summed E-state index contributed by atoms with van der Waals surface area (Å²) in [5, 5.41) is 0. The van der Waals surface area contributed by atoms with Crippen molar-refractivity contribution >= 4 is 18.1 Å². The van der Waals surface area contributed by atoms with Crippen molar-refractivity contribution in [1.82, 2.24) is 0 Å². The van der Waals surface area contributed by atoms with Gasteiger partial charge in [-0.3, -0.25) is 0 Å². The van der Waals surface area contributed by atoms with Crippen molar-refractivity contribution in [2.24, 2.45) is 11.8 Å². The monoisotopic (exact) mass is 557 g/mol. The van der Waals surface area contributed by atoms with Crippen molar-refractivity contribution < 1.29 is 30.3 Å². The van der Waals surface area contributed by atoms with Gasteiger partial charge in [-0.2, -0.15) is 0 Å². The van der Waals surface area contributed by atoms with E-state index >= 15 is 0 Å². The fourth-order valence-corrected chi connectivity index (χ4v) is 34.3. The van der Waals surface area contributed by atoms with E-state index in [0.29, 0.717) is 0 Å². The van der Waals surface area contributed by atoms with E-state index in [4.69, 9.17) is 0 Å². The van der Waals surface area contributed by atoms with Gasteiger partial charge in [0.1, 0.15) is 0 Å². The molecule has 0 radical (unpaired) electrons. The standard InChI is InChI=1S/2C13H15.C4H11Si.2FH.Zr/c2*1-10(2)7-11-8-12-5-3-4-6-13(12)9-11;1-3-5-4-2;;;/h2*3-6,8-10H,7H2,1-2H3;5H,3-4H2,1-2H3;2*1H;/q;;;;;+2/p-2. The molecule has 0 aliphatic heterocycles. The predicted octanol–water partition coefficient (Wildman–Crippen LogP) is 2.75. The average Bonchev–Trinajstić information content (AvgIpc) is 3.28. The first-order chi connectivity index (χ1) is 15.4. The summed E-state index contributed by atoms with van der Waals surface area (Å²) in [4.78, 5) is 0. The molecular weight excluding hydrogens is 518 g/mol. The van der Waals surface area contributed by atoms with Crippen LogP contribution in [-0.4, -0.2) is 5.92 Å². The Bertz CT molecular complexity index is 931. The van der Waals surface area contributed by atoms with Crippen LogP contribution in [-0.2, 0) is 20.9 Å². The van der Waals surface area contributed by atoms with Crippen LogP contribution in [0, 0.1) is 11.8 Å². The van der Waals surface area contributed by atoms with Crippen LogP contribution in [0.15, 0.2) is 59.7 Å². The van der Waals surface area contributed by atoms with E-state index in [1.54, 1.807) is 22.3 Å². The van der Waals surface area contributed by atoms with Gasteiger partial charge in [0, 0.05) is 0 Å². The maximum atomic E-state index is 2.62. The van der Waals surface area contributed by atoms with Crippen LogP contribution in [0.1, 0.15) is 83.9 Å². The molecule has 0 N–H and O–H groups in total. The van der Waals surface area contributed by atoms with E-state index < -0.39 is 26.8 Å². The molecule has 0 spiro atoms. The molecule has 2 aromatic carbocycles. The number of fused-ring (bicyclic) bond motifs is 2. The van der Waals surface area contributed by atoms with Gasteiger partial charge in [-0.1, -0.05) is 0 Å². The Morgan fingerprint density at radius 2 is 1.06 bits per heavy atom. The molecule has 2 aliphatic rings. The minimum Gasteiger partial charge on any atom is -1.00 e. The van der Waals surface area contributed by atoms with Crippen molar-refractivity contribution in [2.75, 3.05) is 0 Å². The molecule has 0 bridgehead atoms. The molecule has 0 amide bonds. The fourth-order valence-electron chi connectivity index (χ4n) is 6.26. The summed E-state index contributed by atoms with van der Waals surface area (Å²) in [5.41, 5.74) is 10.1. The van der Waals surface area contributed by atoms with Gasteiger partial charge in [-0.05, 0) is 0 Å². The number of allylic oxidation sites excluding steroid dienone is 2. The van der Waals surface area contributed by atoms with Crippen LogP contribution in [0.25, 0.3) is 12.2 Å². The Hall–Kier alpha value is -1.12. The van der Waals surface area contributed by atoms with Gasteiger partial charge < -0.3 is 9.41 Å². The molecule has 0 saturated heterocycles. The zero-order chi connectivity index (χ0) is 22.8. The third-order valence-corrected chi connectivity index (χ3v) is 33.9. The summed E-state index contributed by atoms with van der Waals surface area (Å²) >= 11 is -1.96. The summed E-state index contributed by atoms with van der Waals surface area (Å²) in [5.74, 6) is 0.675. The van der Waals surface area contributed by atoms with Crippen LogP contribution >= 0.6 is 0 Å². The zero-order valence-electron chi connectivity index (χ0n) is 21.7. The maximum Gasteiger partial charge on any atom is -1.00 e. The molecule has 0 fully saturated rings. The van der Waals surface area contributed by atoms with E-state index in [1.807, 2.05) is 0 Å². The predicted molar refractivity (Wildman–Crippen MR) is 141 cm³/mol. The second-order valence-corrected chi connectivity index (χ2v) is 29.1. The number of hydrogen-bond donors (Lipinski definition) is 0. The summed E-state index contributed by atoms with van der Waals surface area (Å²) in [6.07, 6.45) is 7.78. The third kappa shape index (κ3) is 5.81. The third-order valence-electron chi connectivity index (χ3n) is 7.45. The molecule has 0 aromatic heterocycles. The van der Waals surface area contributed by atoms with E-state index in [2.05, 4.69) is 102 Å². The molecule has 4 rings (SSSR count). The second kappa shape index (κ2) is 12.7. The molecule has 0 heterocycles. The summed E-state index contributed by atoms with van der Waals surface area (Å²) in [6.45, 7) is 14.7. The van der Waals surface area contributed by atoms with Crippen LogP contribution < -0.4 is 9.41 Å². The van der Waals surface area contributed by atoms with Gasteiger partial charge in [0.2, 0.25) is 0 Å². The van der Waals surface area contributed by atoms with Crippen molar-refractivity contribution in [3.05, 3.63) is 81.9 Å². The van der Waals surface area contributed by atoms with Gasteiger partial charge in [-0.25, -0.2) is 0 Å². The van der Waals surface area contributed by atoms with E-state index in [-0.39, 0.29) is 9.41 Å². The summed E-state index contributed by atoms with van der Waals surface area (Å²) in [6, 6.07) is 21.8. The van der Waals surface area contributed by atoms with Crippen LogP contribution in [0.5, 0.6) is 0 Å². The Labute approximate surface area is 214 Å². The average molecular weight is 559 g/mol. The zero-order valence-corrected chi connectivity index (χ0v) is 25.4. The topological polar surface area (TPSA) is 0 Å². The molecular formula is C30H41F2SiZr. The maximum absolute atomic E-state index is 2.62. The van der Waals surface area contributed by atoms with Gasteiger partial charge in [0.15, 0.2) is 0 Å². The van der Waals surface area contributed by atoms with Crippen molar-refractivity contribution in [1.29, 1.82) is 0 Å². The van der Waals surface area contributed by atoms with Crippen molar-refractivity contribution in [3.63, 3.8) is 0 Å². The first-order valence-electron chi connectivity index (χ1n) is 12.9. The minimum absolute atomic E-state index is 0. The first kappa shape index (κ1) is 29.1. The number of rotatable bonds is 9. The largest absolute Gasteiger partial charge is 1.00 e. The van der Waals surface area contributed by atoms with Gasteiger partial charge in [-0.15, -0.1) is 0 Å². The molecule has 183 valence electrons. The van der Waals surface area contributed by atoms with Crippen LogP contribution in [0.3, 0.4) is 0 Å². The minimum atomic E-state index is -1.96. The second-order valence-electron chi connectivity index (χ2n) is 10.8. The molecule has 2 atom stereocenters. The van der Waals surface area contributed by atoms with Crippen molar-refractivity contribution in [2.45, 2.75) is 73.7 Å². The van der Waals surface area contributed by atoms with Crippen LogP contribution in [0.4, 0.5) is 0 Å². The Morgan fingerprint density at radius 3 is 1.41 bits per heavy atom. The van der Waals surface area contributed by atoms with E-state index in [9.17, 15) is 0 Å². The summed E-state index contributed by atoms with van der Waals surface area (Å²) in [7, 11) is 0. The Morgan fingerprint density at radius 1 is 0.676 bits per heavy atom. The quantitative estimate of drug-likeness (QED) is 0.416. The number of benzene rings is 2. The molecule has 0 saturated carbocycles. The molecule has 2 aromatic rings. The molecule has 2 unspecified atom stereocenters. The first-order valence-corrected chi connectivity index (χ1v) is 22.2. The SMILES string of the molecule is CC[SiH](CC)[Zr+2]([CH]1C(CC(C)C)=Cc2ccccc21)[CH]1C(CC(C)C)=Cc2ccccc21.[F-].[F-]. The molecule has 2 aliphatic carbocycles. The smallest absolute Gasteiger partial charge is 1.00 e. The van der Waals surface area contributed by atoms with Crippen molar-refractivity contribution in [3.8, 4) is 0 Å².